The number of nitrogens with zero attached hydrogens (tertiary/aromatic N) is 3. The van der Waals surface area contributed by atoms with Crippen LogP contribution in [0.5, 0.6) is 17.2 Å². The molecule has 2 aromatic heterocycles. The van der Waals surface area contributed by atoms with Gasteiger partial charge in [0.05, 0.1) is 7.11 Å². The molecule has 0 aliphatic heterocycles. The SMILES string of the molecule is COc1ccc(OCCOc2cccc(-c3nnc4cc(C(C)(C)C)[nH]n34)c2)cc1. The highest BCUT2D eigenvalue weighted by molar-refractivity contribution is 5.61. The molecule has 0 aliphatic carbocycles. The molecule has 0 aliphatic rings. The molecule has 0 fully saturated rings. The lowest BCUT2D eigenvalue weighted by Gasteiger charge is -2.15. The molecule has 2 aromatic carbocycles. The first-order chi connectivity index (χ1) is 14.4. The maximum absolute atomic E-state index is 5.87. The summed E-state index contributed by atoms with van der Waals surface area (Å²) in [4.78, 5) is 0. The molecule has 0 radical (unpaired) electrons. The van der Waals surface area contributed by atoms with Crippen molar-refractivity contribution in [2.24, 2.45) is 0 Å². The summed E-state index contributed by atoms with van der Waals surface area (Å²) in [5.41, 5.74) is 2.84. The van der Waals surface area contributed by atoms with Crippen LogP contribution in [0.25, 0.3) is 17.0 Å². The van der Waals surface area contributed by atoms with E-state index in [2.05, 4.69) is 36.1 Å². The summed E-state index contributed by atoms with van der Waals surface area (Å²) in [7, 11) is 1.64. The van der Waals surface area contributed by atoms with Crippen molar-refractivity contribution in [3.8, 4) is 28.6 Å². The minimum absolute atomic E-state index is 0.00676. The predicted octanol–water partition coefficient (Wildman–Crippen LogP) is 4.49. The van der Waals surface area contributed by atoms with Gasteiger partial charge in [-0.1, -0.05) is 32.9 Å². The Morgan fingerprint density at radius 2 is 1.57 bits per heavy atom. The van der Waals surface area contributed by atoms with Crippen molar-refractivity contribution >= 4 is 5.65 Å². The third-order valence-electron chi connectivity index (χ3n) is 4.77. The highest BCUT2D eigenvalue weighted by Gasteiger charge is 2.19. The zero-order chi connectivity index (χ0) is 21.1. The molecule has 0 saturated heterocycles. The molecule has 0 amide bonds. The molecule has 0 atom stereocenters. The number of benzene rings is 2. The van der Waals surface area contributed by atoms with E-state index in [9.17, 15) is 0 Å². The van der Waals surface area contributed by atoms with Crippen LogP contribution in [0, 0.1) is 0 Å². The highest BCUT2D eigenvalue weighted by atomic mass is 16.5. The van der Waals surface area contributed by atoms with Gasteiger partial charge in [-0.2, -0.15) is 0 Å². The summed E-state index contributed by atoms with van der Waals surface area (Å²) in [5.74, 6) is 3.08. The third kappa shape index (κ3) is 4.25. The Morgan fingerprint density at radius 3 is 2.27 bits per heavy atom. The Balaban J connectivity index is 1.41. The van der Waals surface area contributed by atoms with Crippen molar-refractivity contribution < 1.29 is 14.2 Å². The quantitative estimate of drug-likeness (QED) is 0.458. The zero-order valence-corrected chi connectivity index (χ0v) is 17.7. The van der Waals surface area contributed by atoms with Crippen LogP contribution in [0.4, 0.5) is 0 Å². The highest BCUT2D eigenvalue weighted by Crippen LogP contribution is 2.26. The molecular formula is C23H26N4O3. The number of hydrogen-bond acceptors (Lipinski definition) is 5. The number of H-pyrrole nitrogens is 1. The summed E-state index contributed by atoms with van der Waals surface area (Å²) in [5, 5.41) is 12.0. The first kappa shape index (κ1) is 19.8. The van der Waals surface area contributed by atoms with E-state index in [1.807, 2.05) is 59.1 Å². The fourth-order valence-corrected chi connectivity index (χ4v) is 3.07. The summed E-state index contributed by atoms with van der Waals surface area (Å²) in [6.45, 7) is 7.36. The summed E-state index contributed by atoms with van der Waals surface area (Å²) < 4.78 is 18.6. The van der Waals surface area contributed by atoms with Crippen LogP contribution in [0.1, 0.15) is 26.5 Å². The molecule has 156 valence electrons. The van der Waals surface area contributed by atoms with E-state index in [0.717, 1.165) is 40.0 Å². The van der Waals surface area contributed by atoms with Gasteiger partial charge in [-0.25, -0.2) is 4.52 Å². The van der Waals surface area contributed by atoms with Crippen molar-refractivity contribution in [2.75, 3.05) is 20.3 Å². The fraction of sp³-hybridized carbons (Fsp3) is 0.304. The second-order valence-electron chi connectivity index (χ2n) is 8.04. The van der Waals surface area contributed by atoms with Crippen molar-refractivity contribution in [1.82, 2.24) is 19.8 Å². The first-order valence-electron chi connectivity index (χ1n) is 9.89. The topological polar surface area (TPSA) is 73.7 Å². The Kier molecular flexibility index (Phi) is 5.35. The zero-order valence-electron chi connectivity index (χ0n) is 17.7. The maximum atomic E-state index is 5.87. The molecule has 1 N–H and O–H groups in total. The number of aromatic nitrogens is 4. The van der Waals surface area contributed by atoms with Gasteiger partial charge in [0.1, 0.15) is 30.5 Å². The van der Waals surface area contributed by atoms with Crippen LogP contribution < -0.4 is 14.2 Å². The average molecular weight is 406 g/mol. The number of ether oxygens (including phenoxy) is 3. The monoisotopic (exact) mass is 406 g/mol. The standard InChI is InChI=1S/C23H26N4O3/c1-23(2,3)20-15-21-24-25-22(27(21)26-20)16-6-5-7-19(14-16)30-13-12-29-18-10-8-17(28-4)9-11-18/h5-11,14-15,26H,12-13H2,1-4H3. The van der Waals surface area contributed by atoms with Crippen molar-refractivity contribution in [3.05, 3.63) is 60.3 Å². The van der Waals surface area contributed by atoms with Gasteiger partial charge in [-0.05, 0) is 36.4 Å². The number of rotatable bonds is 7. The summed E-state index contributed by atoms with van der Waals surface area (Å²) >= 11 is 0. The molecule has 2 heterocycles. The van der Waals surface area contributed by atoms with Crippen LogP contribution in [0.3, 0.4) is 0 Å². The Bertz CT molecular complexity index is 1120. The van der Waals surface area contributed by atoms with E-state index in [4.69, 9.17) is 14.2 Å². The van der Waals surface area contributed by atoms with E-state index in [-0.39, 0.29) is 5.41 Å². The molecule has 0 spiro atoms. The van der Waals surface area contributed by atoms with E-state index in [1.165, 1.54) is 0 Å². The van der Waals surface area contributed by atoms with Gasteiger partial charge < -0.3 is 14.2 Å². The molecule has 0 saturated carbocycles. The van der Waals surface area contributed by atoms with Crippen LogP contribution in [-0.2, 0) is 5.41 Å². The maximum Gasteiger partial charge on any atom is 0.183 e. The van der Waals surface area contributed by atoms with Gasteiger partial charge in [0.25, 0.3) is 0 Å². The van der Waals surface area contributed by atoms with Crippen LogP contribution in [0.15, 0.2) is 54.6 Å². The smallest absolute Gasteiger partial charge is 0.183 e. The van der Waals surface area contributed by atoms with Crippen molar-refractivity contribution in [3.63, 3.8) is 0 Å². The largest absolute Gasteiger partial charge is 0.497 e. The number of aromatic amines is 1. The molecule has 30 heavy (non-hydrogen) atoms. The normalized spacial score (nSPS) is 11.6. The number of fused-ring (bicyclic) bond motifs is 1. The third-order valence-corrected chi connectivity index (χ3v) is 4.77. The van der Waals surface area contributed by atoms with Crippen molar-refractivity contribution in [1.29, 1.82) is 0 Å². The molecule has 7 heteroatoms. The molecule has 0 bridgehead atoms. The van der Waals surface area contributed by atoms with E-state index in [0.29, 0.717) is 13.2 Å². The van der Waals surface area contributed by atoms with E-state index in [1.54, 1.807) is 7.11 Å². The predicted molar refractivity (Wildman–Crippen MR) is 115 cm³/mol. The molecule has 4 aromatic rings. The lowest BCUT2D eigenvalue weighted by Crippen LogP contribution is -2.12. The van der Waals surface area contributed by atoms with Crippen LogP contribution >= 0.6 is 0 Å². The van der Waals surface area contributed by atoms with Gasteiger partial charge in [0.15, 0.2) is 11.5 Å². The van der Waals surface area contributed by atoms with Crippen molar-refractivity contribution in [2.45, 2.75) is 26.2 Å². The van der Waals surface area contributed by atoms with E-state index >= 15 is 0 Å². The second-order valence-corrected chi connectivity index (χ2v) is 8.04. The minimum Gasteiger partial charge on any atom is -0.497 e. The van der Waals surface area contributed by atoms with Gasteiger partial charge in [-0.15, -0.1) is 10.2 Å². The van der Waals surface area contributed by atoms with Crippen LogP contribution in [-0.4, -0.2) is 40.1 Å². The second kappa shape index (κ2) is 8.10. The molecule has 0 unspecified atom stereocenters. The van der Waals surface area contributed by atoms with Gasteiger partial charge in [0.2, 0.25) is 0 Å². The number of methoxy groups -OCH3 is 1. The molecular weight excluding hydrogens is 380 g/mol. The van der Waals surface area contributed by atoms with Gasteiger partial charge >= 0.3 is 0 Å². The van der Waals surface area contributed by atoms with E-state index < -0.39 is 0 Å². The minimum atomic E-state index is 0.00676. The van der Waals surface area contributed by atoms with Gasteiger partial charge in [-0.3, -0.25) is 5.10 Å². The molecule has 7 nitrogen and oxygen atoms in total. The summed E-state index contributed by atoms with van der Waals surface area (Å²) in [6.07, 6.45) is 0. The fourth-order valence-electron chi connectivity index (χ4n) is 3.07. The summed E-state index contributed by atoms with van der Waals surface area (Å²) in [6, 6.07) is 17.3. The first-order valence-corrected chi connectivity index (χ1v) is 9.89. The number of hydrogen-bond donors (Lipinski definition) is 1. The van der Waals surface area contributed by atoms with Gasteiger partial charge in [0, 0.05) is 22.7 Å². The number of nitrogens with one attached hydrogen (secondary N) is 1. The average Bonchev–Trinajstić information content (AvgIpc) is 3.33. The lowest BCUT2D eigenvalue weighted by atomic mass is 9.93. The molecule has 4 rings (SSSR count). The Labute approximate surface area is 175 Å². The Morgan fingerprint density at radius 1 is 0.867 bits per heavy atom. The Hall–Kier alpha value is -3.48. The lowest BCUT2D eigenvalue weighted by molar-refractivity contribution is 0.217. The van der Waals surface area contributed by atoms with Crippen LogP contribution in [0.2, 0.25) is 0 Å².